The molecular formula is C6H11Cl2N3S. The summed E-state index contributed by atoms with van der Waals surface area (Å²) >= 11 is 1.73. The maximum Gasteiger partial charge on any atom is 0.123 e. The molecule has 3 N–H and O–H groups in total. The number of hydrogen-bond acceptors (Lipinski definition) is 4. The first-order chi connectivity index (χ1) is 4.86. The molecule has 0 aliphatic carbocycles. The summed E-state index contributed by atoms with van der Waals surface area (Å²) in [5.74, 6) is 1.55. The van der Waals surface area contributed by atoms with Crippen molar-refractivity contribution in [3.63, 3.8) is 0 Å². The van der Waals surface area contributed by atoms with Gasteiger partial charge in [0.1, 0.15) is 5.50 Å². The molecule has 3 nitrogen and oxygen atoms in total. The van der Waals surface area contributed by atoms with Crippen molar-refractivity contribution in [2.75, 3.05) is 5.75 Å². The van der Waals surface area contributed by atoms with Gasteiger partial charge in [0.15, 0.2) is 0 Å². The molecule has 12 heavy (non-hydrogen) atoms. The van der Waals surface area contributed by atoms with Gasteiger partial charge < -0.3 is 11.1 Å². The van der Waals surface area contributed by atoms with Gasteiger partial charge in [0.2, 0.25) is 0 Å². The second-order valence-electron chi connectivity index (χ2n) is 2.39. The van der Waals surface area contributed by atoms with Gasteiger partial charge in [-0.05, 0) is 0 Å². The van der Waals surface area contributed by atoms with Crippen LogP contribution in [0, 0.1) is 5.92 Å². The van der Waals surface area contributed by atoms with Gasteiger partial charge in [-0.3, -0.25) is 4.99 Å². The molecule has 1 fully saturated rings. The average molecular weight is 228 g/mol. The van der Waals surface area contributed by atoms with Gasteiger partial charge in [0.05, 0.1) is 0 Å². The molecule has 0 bridgehead atoms. The van der Waals surface area contributed by atoms with Gasteiger partial charge in [0.25, 0.3) is 0 Å². The predicted molar refractivity (Wildman–Crippen MR) is 58.1 cm³/mol. The summed E-state index contributed by atoms with van der Waals surface area (Å²) in [5, 5.41) is 3.16. The fourth-order valence-electron chi connectivity index (χ4n) is 1.09. The fraction of sp³-hybridized carbons (Fsp3) is 0.500. The third-order valence-corrected chi connectivity index (χ3v) is 2.67. The number of halogens is 2. The zero-order valence-corrected chi connectivity index (χ0v) is 8.72. The van der Waals surface area contributed by atoms with Gasteiger partial charge in [-0.2, -0.15) is 0 Å². The van der Waals surface area contributed by atoms with Crippen molar-refractivity contribution in [3.05, 3.63) is 11.9 Å². The van der Waals surface area contributed by atoms with E-state index >= 15 is 0 Å². The van der Waals surface area contributed by atoms with E-state index in [1.807, 2.05) is 12.4 Å². The monoisotopic (exact) mass is 227 g/mol. The van der Waals surface area contributed by atoms with Crippen LogP contribution in [0.25, 0.3) is 0 Å². The number of nitrogens with zero attached hydrogens (tertiary/aromatic N) is 1. The highest BCUT2D eigenvalue weighted by Crippen LogP contribution is 2.24. The van der Waals surface area contributed by atoms with Gasteiger partial charge in [-0.15, -0.1) is 36.6 Å². The molecule has 0 aromatic rings. The van der Waals surface area contributed by atoms with E-state index in [9.17, 15) is 0 Å². The number of fused-ring (bicyclic) bond motifs is 1. The van der Waals surface area contributed by atoms with E-state index in [0.717, 1.165) is 5.75 Å². The molecule has 0 radical (unpaired) electrons. The van der Waals surface area contributed by atoms with Gasteiger partial charge in [-0.25, -0.2) is 0 Å². The minimum Gasteiger partial charge on any atom is -0.363 e. The maximum atomic E-state index is 5.65. The molecule has 0 aromatic carbocycles. The van der Waals surface area contributed by atoms with Crippen molar-refractivity contribution in [3.8, 4) is 0 Å². The molecule has 2 aliphatic heterocycles. The number of hydrogen-bond donors (Lipinski definition) is 2. The van der Waals surface area contributed by atoms with Gasteiger partial charge in [-0.1, -0.05) is 0 Å². The van der Waals surface area contributed by atoms with Crippen LogP contribution in [0.2, 0.25) is 0 Å². The Morgan fingerprint density at radius 2 is 2.33 bits per heavy atom. The van der Waals surface area contributed by atoms with Crippen LogP contribution in [0.1, 0.15) is 0 Å². The SMILES string of the molecule is Cl.Cl.NC1NC2=CN=CC2CS1. The molecule has 70 valence electrons. The first-order valence-corrected chi connectivity index (χ1v) is 4.28. The first kappa shape index (κ1) is 12.1. The number of nitrogens with one attached hydrogen (secondary N) is 1. The predicted octanol–water partition coefficient (Wildman–Crippen LogP) is 0.951. The van der Waals surface area contributed by atoms with Crippen LogP contribution in [0.4, 0.5) is 0 Å². The van der Waals surface area contributed by atoms with Gasteiger partial charge in [0, 0.05) is 29.8 Å². The van der Waals surface area contributed by atoms with Crippen LogP contribution in [-0.4, -0.2) is 17.5 Å². The van der Waals surface area contributed by atoms with Crippen LogP contribution >= 0.6 is 36.6 Å². The summed E-state index contributed by atoms with van der Waals surface area (Å²) in [5.41, 5.74) is 6.88. The topological polar surface area (TPSA) is 50.4 Å². The summed E-state index contributed by atoms with van der Waals surface area (Å²) in [7, 11) is 0. The zero-order chi connectivity index (χ0) is 6.97. The van der Waals surface area contributed by atoms with E-state index in [2.05, 4.69) is 10.3 Å². The summed E-state index contributed by atoms with van der Waals surface area (Å²) < 4.78 is 0. The van der Waals surface area contributed by atoms with Crippen molar-refractivity contribution in [2.45, 2.75) is 5.50 Å². The van der Waals surface area contributed by atoms with Crippen molar-refractivity contribution >= 4 is 42.8 Å². The standard InChI is InChI=1S/C6H9N3S.2ClH/c7-6-9-5-2-8-1-4(5)3-10-6;;/h1-2,4,6,9H,3,7H2;2*1H. The van der Waals surface area contributed by atoms with Crippen LogP contribution in [0.5, 0.6) is 0 Å². The summed E-state index contributed by atoms with van der Waals surface area (Å²) in [4.78, 5) is 4.04. The third-order valence-electron chi connectivity index (χ3n) is 1.64. The number of thioether (sulfide) groups is 1. The second kappa shape index (κ2) is 4.97. The molecule has 6 heteroatoms. The number of nitrogens with two attached hydrogens (primary N) is 1. The van der Waals surface area contributed by atoms with E-state index < -0.39 is 0 Å². The van der Waals surface area contributed by atoms with Crippen molar-refractivity contribution in [1.29, 1.82) is 0 Å². The van der Waals surface area contributed by atoms with Crippen LogP contribution in [0.3, 0.4) is 0 Å². The molecule has 2 heterocycles. The van der Waals surface area contributed by atoms with E-state index in [1.54, 1.807) is 11.8 Å². The highest BCUT2D eigenvalue weighted by atomic mass is 35.5. The number of allylic oxidation sites excluding steroid dienone is 1. The van der Waals surface area contributed by atoms with Crippen molar-refractivity contribution < 1.29 is 0 Å². The number of rotatable bonds is 0. The Balaban J connectivity index is 0.000000605. The van der Waals surface area contributed by atoms with E-state index in [4.69, 9.17) is 5.73 Å². The lowest BCUT2D eigenvalue weighted by Crippen LogP contribution is -2.40. The summed E-state index contributed by atoms with van der Waals surface area (Å²) in [6, 6.07) is 0. The Morgan fingerprint density at radius 3 is 3.08 bits per heavy atom. The molecule has 2 aliphatic rings. The molecule has 2 rings (SSSR count). The van der Waals surface area contributed by atoms with Gasteiger partial charge >= 0.3 is 0 Å². The van der Waals surface area contributed by atoms with Crippen molar-refractivity contribution in [2.24, 2.45) is 16.6 Å². The lowest BCUT2D eigenvalue weighted by molar-refractivity contribution is 0.687. The molecule has 2 unspecified atom stereocenters. The Kier molecular flexibility index (Phi) is 5.01. The lowest BCUT2D eigenvalue weighted by Gasteiger charge is -2.25. The molecule has 0 saturated carbocycles. The van der Waals surface area contributed by atoms with Crippen molar-refractivity contribution in [1.82, 2.24) is 5.32 Å². The minimum atomic E-state index is 0. The fourth-order valence-corrected chi connectivity index (χ4v) is 1.99. The Labute approximate surface area is 88.1 Å². The highest BCUT2D eigenvalue weighted by molar-refractivity contribution is 7.99. The lowest BCUT2D eigenvalue weighted by atomic mass is 10.1. The van der Waals surface area contributed by atoms with Crippen LogP contribution < -0.4 is 11.1 Å². The highest BCUT2D eigenvalue weighted by Gasteiger charge is 2.23. The number of aliphatic imine (C=N–C) groups is 1. The largest absolute Gasteiger partial charge is 0.363 e. The quantitative estimate of drug-likeness (QED) is 0.649. The van der Waals surface area contributed by atoms with E-state index in [0.29, 0.717) is 5.92 Å². The second-order valence-corrected chi connectivity index (χ2v) is 3.56. The average Bonchev–Trinajstić information content (AvgIpc) is 2.33. The Morgan fingerprint density at radius 1 is 1.58 bits per heavy atom. The normalized spacial score (nSPS) is 30.6. The summed E-state index contributed by atoms with van der Waals surface area (Å²) in [6.07, 6.45) is 3.81. The van der Waals surface area contributed by atoms with E-state index in [1.165, 1.54) is 5.70 Å². The molecular weight excluding hydrogens is 217 g/mol. The molecule has 2 atom stereocenters. The smallest absolute Gasteiger partial charge is 0.123 e. The zero-order valence-electron chi connectivity index (χ0n) is 6.27. The molecule has 0 amide bonds. The Hall–Kier alpha value is 0.1000. The molecule has 1 saturated heterocycles. The third kappa shape index (κ3) is 2.29. The van der Waals surface area contributed by atoms with Crippen LogP contribution in [-0.2, 0) is 0 Å². The molecule has 0 aromatic heterocycles. The maximum absolute atomic E-state index is 5.65. The first-order valence-electron chi connectivity index (χ1n) is 3.23. The van der Waals surface area contributed by atoms with Crippen LogP contribution in [0.15, 0.2) is 16.9 Å². The van der Waals surface area contributed by atoms with E-state index in [-0.39, 0.29) is 30.3 Å². The summed E-state index contributed by atoms with van der Waals surface area (Å²) in [6.45, 7) is 0. The minimum absolute atomic E-state index is 0. The Bertz CT molecular complexity index is 207. The molecule has 0 spiro atoms.